The van der Waals surface area contributed by atoms with Crippen molar-refractivity contribution in [2.75, 3.05) is 26.9 Å². The largest absolute Gasteiger partial charge is 0.580 e. The van der Waals surface area contributed by atoms with Crippen LogP contribution in [0.4, 0.5) is 24.7 Å². The van der Waals surface area contributed by atoms with Gasteiger partial charge >= 0.3 is 23.6 Å². The second kappa shape index (κ2) is 8.81. The first kappa shape index (κ1) is 22.4. The predicted octanol–water partition coefficient (Wildman–Crippen LogP) is -0.457. The molecule has 0 fully saturated rings. The van der Waals surface area contributed by atoms with Crippen molar-refractivity contribution in [1.82, 2.24) is 9.13 Å². The highest BCUT2D eigenvalue weighted by Crippen LogP contribution is 2.26. The minimum atomic E-state index is -4.79. The van der Waals surface area contributed by atoms with Crippen LogP contribution >= 0.6 is 0 Å². The highest BCUT2D eigenvalue weighted by Gasteiger charge is 2.36. The van der Waals surface area contributed by atoms with Gasteiger partial charge < -0.3 is 19.3 Å². The Kier molecular flexibility index (Phi) is 6.36. The number of nitrogens with zero attached hydrogens (tertiary/aromatic N) is 3. The molecule has 0 radical (unpaired) electrons. The molecular weight excluding hydrogens is 425 g/mol. The predicted molar refractivity (Wildman–Crippen MR) is 102 cm³/mol. The van der Waals surface area contributed by atoms with Crippen molar-refractivity contribution in [3.63, 3.8) is 0 Å². The fourth-order valence-corrected chi connectivity index (χ4v) is 3.04. The van der Waals surface area contributed by atoms with Gasteiger partial charge in [0.1, 0.15) is 5.75 Å². The number of nitrogens with one attached hydrogen (secondary N) is 1. The van der Waals surface area contributed by atoms with Gasteiger partial charge in [-0.1, -0.05) is 0 Å². The fraction of sp³-hybridized carbons (Fsp3) is 0.389. The normalized spacial score (nSPS) is 15.4. The Balaban J connectivity index is 1.64. The molecule has 168 valence electrons. The molecule has 3 N–H and O–H groups in total. The van der Waals surface area contributed by atoms with E-state index in [2.05, 4.69) is 14.5 Å². The zero-order valence-electron chi connectivity index (χ0n) is 16.6. The summed E-state index contributed by atoms with van der Waals surface area (Å²) < 4.78 is 52.6. The number of hydrogen-bond donors (Lipinski definition) is 2. The summed E-state index contributed by atoms with van der Waals surface area (Å²) in [6.07, 6.45) is -4.79. The van der Waals surface area contributed by atoms with Gasteiger partial charge in [0.05, 0.1) is 26.3 Å². The first-order valence-corrected chi connectivity index (χ1v) is 9.16. The Hall–Kier alpha value is -3.32. The maximum Gasteiger partial charge on any atom is 0.573 e. The maximum absolute atomic E-state index is 12.6. The molecule has 1 aliphatic heterocycles. The Bertz CT molecular complexity index is 1110. The fourth-order valence-electron chi connectivity index (χ4n) is 3.04. The number of amidine groups is 1. The Labute approximate surface area is 173 Å². The van der Waals surface area contributed by atoms with Crippen LogP contribution in [0.15, 0.2) is 38.8 Å². The summed E-state index contributed by atoms with van der Waals surface area (Å²) in [5.41, 5.74) is -0.968. The number of ether oxygens (including phenoxy) is 3. The molecular formula is C18H21F3N4O6+2. The van der Waals surface area contributed by atoms with Crippen molar-refractivity contribution in [2.45, 2.75) is 12.9 Å². The molecule has 1 unspecified atom stereocenters. The Morgan fingerprint density at radius 1 is 1.29 bits per heavy atom. The van der Waals surface area contributed by atoms with Crippen LogP contribution in [0, 0.1) is 0 Å². The van der Waals surface area contributed by atoms with E-state index in [1.165, 1.54) is 29.8 Å². The van der Waals surface area contributed by atoms with Gasteiger partial charge in [0.15, 0.2) is 6.61 Å². The number of quaternary nitrogens is 1. The van der Waals surface area contributed by atoms with Gasteiger partial charge in [-0.3, -0.25) is 13.9 Å². The van der Waals surface area contributed by atoms with Gasteiger partial charge in [0.2, 0.25) is 18.1 Å². The third kappa shape index (κ3) is 4.88. The zero-order chi connectivity index (χ0) is 22.8. The van der Waals surface area contributed by atoms with Crippen molar-refractivity contribution in [1.29, 1.82) is 0 Å². The molecule has 10 nitrogen and oxygen atoms in total. The summed E-state index contributed by atoms with van der Waals surface area (Å²) in [5, 5.41) is 9.09. The van der Waals surface area contributed by atoms with Crippen molar-refractivity contribution < 1.29 is 37.4 Å². The van der Waals surface area contributed by atoms with Crippen LogP contribution in [0.5, 0.6) is 11.5 Å². The molecule has 1 aliphatic rings. The number of aromatic hydroxyl groups is 1. The lowest BCUT2D eigenvalue weighted by Gasteiger charge is -2.12. The van der Waals surface area contributed by atoms with Crippen molar-refractivity contribution in [2.24, 2.45) is 12.0 Å². The monoisotopic (exact) mass is 446 g/mol. The van der Waals surface area contributed by atoms with E-state index in [-0.39, 0.29) is 55.4 Å². The van der Waals surface area contributed by atoms with Gasteiger partial charge in [0, 0.05) is 13.1 Å². The molecule has 0 saturated carbocycles. The van der Waals surface area contributed by atoms with E-state index in [1.807, 2.05) is 0 Å². The Morgan fingerprint density at radius 3 is 2.71 bits per heavy atom. The van der Waals surface area contributed by atoms with Crippen LogP contribution < -0.4 is 20.9 Å². The first-order valence-electron chi connectivity index (χ1n) is 9.16. The minimum absolute atomic E-state index is 0.0350. The van der Waals surface area contributed by atoms with Gasteiger partial charge in [-0.2, -0.15) is 0 Å². The number of halogens is 3. The summed E-state index contributed by atoms with van der Waals surface area (Å²) in [4.78, 5) is 29.5. The molecule has 1 aromatic carbocycles. The van der Waals surface area contributed by atoms with E-state index in [1.54, 1.807) is 7.05 Å². The van der Waals surface area contributed by atoms with Crippen molar-refractivity contribution in [3.8, 4) is 11.5 Å². The van der Waals surface area contributed by atoms with Crippen LogP contribution in [0.3, 0.4) is 0 Å². The number of aliphatic hydroxyl groups excluding tert-OH is 1. The summed E-state index contributed by atoms with van der Waals surface area (Å²) in [6.45, 7) is -0.370. The lowest BCUT2D eigenvalue weighted by atomic mass is 10.3. The van der Waals surface area contributed by atoms with Crippen LogP contribution in [-0.2, 0) is 18.3 Å². The lowest BCUT2D eigenvalue weighted by molar-refractivity contribution is -0.715. The second-order valence-electron chi connectivity index (χ2n) is 6.54. The van der Waals surface area contributed by atoms with Gasteiger partial charge in [-0.25, -0.2) is 9.69 Å². The lowest BCUT2D eigenvalue weighted by Crippen LogP contribution is -3.07. The SMILES string of the molecule is Cn1c2c(c(=O)n(CCO)c1=O)[NH+](C)C(OCC[OH+]c1cccc(OC(F)(F)F)c1)=N2. The van der Waals surface area contributed by atoms with E-state index >= 15 is 0 Å². The van der Waals surface area contributed by atoms with Gasteiger partial charge in [0.25, 0.3) is 5.75 Å². The molecule has 13 heteroatoms. The number of benzene rings is 1. The molecule has 0 amide bonds. The minimum Gasteiger partial charge on any atom is -0.580 e. The van der Waals surface area contributed by atoms with Gasteiger partial charge in [-0.05, 0) is 12.1 Å². The molecule has 31 heavy (non-hydrogen) atoms. The number of hydrogen-bond acceptors (Lipinski definition) is 6. The summed E-state index contributed by atoms with van der Waals surface area (Å²) in [5.74, 6) is 0.0529. The molecule has 0 aliphatic carbocycles. The number of aliphatic hydroxyl groups is 2. The molecule has 3 rings (SSSR count). The highest BCUT2D eigenvalue weighted by molar-refractivity contribution is 5.78. The van der Waals surface area contributed by atoms with Gasteiger partial charge in [-0.15, -0.1) is 18.2 Å². The van der Waals surface area contributed by atoms with Crippen LogP contribution in [-0.4, -0.2) is 58.2 Å². The number of aromatic nitrogens is 2. The average Bonchev–Trinajstić information content (AvgIpc) is 3.02. The third-order valence-electron chi connectivity index (χ3n) is 4.42. The van der Waals surface area contributed by atoms with Crippen molar-refractivity contribution >= 4 is 17.5 Å². The third-order valence-corrected chi connectivity index (χ3v) is 4.42. The summed E-state index contributed by atoms with van der Waals surface area (Å²) in [7, 11) is 3.08. The Morgan fingerprint density at radius 2 is 2.03 bits per heavy atom. The van der Waals surface area contributed by atoms with E-state index < -0.39 is 17.6 Å². The topological polar surface area (TPSA) is 112 Å². The smallest absolute Gasteiger partial charge is 0.573 e. The highest BCUT2D eigenvalue weighted by atomic mass is 19.4. The molecule has 0 saturated heterocycles. The molecule has 0 bridgehead atoms. The summed E-state index contributed by atoms with van der Waals surface area (Å²) in [6, 6.07) is 5.36. The quantitative estimate of drug-likeness (QED) is 0.442. The number of fused-ring (bicyclic) bond motifs is 1. The van der Waals surface area contributed by atoms with E-state index in [0.717, 1.165) is 10.6 Å². The molecule has 2 aromatic rings. The molecule has 1 atom stereocenters. The molecule has 2 heterocycles. The number of alkyl halides is 3. The first-order chi connectivity index (χ1) is 14.6. The second-order valence-corrected chi connectivity index (χ2v) is 6.54. The average molecular weight is 446 g/mol. The van der Waals surface area contributed by atoms with E-state index in [9.17, 15) is 22.8 Å². The standard InChI is InChI=1S/C18H19F3N4O6/c1-23-13-14(24(2)17(28)25(6-7-26)15(13)27)22-16(23)30-9-8-29-11-4-3-5-12(10-11)31-18(19,20)21/h3-5,10,26H,6-9H2,1-2H3/p+2. The van der Waals surface area contributed by atoms with Crippen LogP contribution in [0.25, 0.3) is 0 Å². The maximum atomic E-state index is 12.6. The molecule has 0 spiro atoms. The van der Waals surface area contributed by atoms with Crippen molar-refractivity contribution in [3.05, 3.63) is 45.1 Å². The van der Waals surface area contributed by atoms with Crippen LogP contribution in [0.2, 0.25) is 0 Å². The van der Waals surface area contributed by atoms with E-state index in [0.29, 0.717) is 4.90 Å². The molecule has 1 aromatic heterocycles. The van der Waals surface area contributed by atoms with Crippen LogP contribution in [0.1, 0.15) is 0 Å². The number of rotatable bonds is 7. The summed E-state index contributed by atoms with van der Waals surface area (Å²) >= 11 is 0. The zero-order valence-corrected chi connectivity index (χ0v) is 16.6. The number of aliphatic imine (C=N–C) groups is 1. The van der Waals surface area contributed by atoms with E-state index in [4.69, 9.17) is 9.84 Å².